The Morgan fingerprint density at radius 2 is 1.76 bits per heavy atom. The van der Waals surface area contributed by atoms with Gasteiger partial charge in [0.1, 0.15) is 0 Å². The molecule has 1 N–H and O–H groups in total. The number of hydrogen-bond acceptors (Lipinski definition) is 2. The first kappa shape index (κ1) is 19.5. The maximum Gasteiger partial charge on any atom is 0.253 e. The van der Waals surface area contributed by atoms with Crippen LogP contribution in [-0.2, 0) is 11.3 Å². The molecule has 5 nitrogen and oxygen atoms in total. The van der Waals surface area contributed by atoms with Crippen molar-refractivity contribution in [3.05, 3.63) is 48.0 Å². The first-order chi connectivity index (χ1) is 14.2. The topological polar surface area (TPSA) is 54.3 Å². The highest BCUT2D eigenvalue weighted by Gasteiger charge is 2.19. The highest BCUT2D eigenvalue weighted by molar-refractivity contribution is 6.10. The second-order valence-electron chi connectivity index (χ2n) is 7.80. The zero-order valence-corrected chi connectivity index (χ0v) is 17.1. The maximum atomic E-state index is 13.3. The Bertz CT molecular complexity index is 1040. The monoisotopic (exact) mass is 391 g/mol. The van der Waals surface area contributed by atoms with Crippen LogP contribution in [0.5, 0.6) is 0 Å². The predicted molar refractivity (Wildman–Crippen MR) is 117 cm³/mol. The van der Waals surface area contributed by atoms with Crippen molar-refractivity contribution in [1.82, 2.24) is 14.8 Å². The lowest BCUT2D eigenvalue weighted by Gasteiger charge is -2.22. The summed E-state index contributed by atoms with van der Waals surface area (Å²) in [5.74, 6) is 0.0541. The average molecular weight is 392 g/mol. The molecule has 5 heteroatoms. The van der Waals surface area contributed by atoms with Gasteiger partial charge in [-0.25, -0.2) is 0 Å². The van der Waals surface area contributed by atoms with E-state index < -0.39 is 0 Å². The standard InChI is InChI=1S/C24H29N3O2/c1-2-27-21-10-6-5-9-19(21)20-17-18(11-12-22(20)27)24(29)26-15-8-4-3-7-14-25-23(28)13-16-26/h5-6,9-12,17H,2-4,7-8,13-16H2,1H3,(H,25,28). The van der Waals surface area contributed by atoms with Crippen molar-refractivity contribution in [1.29, 1.82) is 0 Å². The van der Waals surface area contributed by atoms with Gasteiger partial charge in [0.2, 0.25) is 5.91 Å². The van der Waals surface area contributed by atoms with Crippen molar-refractivity contribution in [2.45, 2.75) is 45.6 Å². The van der Waals surface area contributed by atoms with Gasteiger partial charge in [0, 0.05) is 60.0 Å². The highest BCUT2D eigenvalue weighted by Crippen LogP contribution is 2.30. The fourth-order valence-corrected chi connectivity index (χ4v) is 4.36. The molecule has 1 aromatic heterocycles. The van der Waals surface area contributed by atoms with E-state index in [-0.39, 0.29) is 11.8 Å². The molecular weight excluding hydrogens is 362 g/mol. The second kappa shape index (κ2) is 8.68. The Labute approximate surface area is 171 Å². The van der Waals surface area contributed by atoms with E-state index in [1.165, 1.54) is 10.9 Å². The fraction of sp³-hybridized carbons (Fsp3) is 0.417. The molecule has 3 aromatic rings. The first-order valence-corrected chi connectivity index (χ1v) is 10.8. The molecule has 0 unspecified atom stereocenters. The highest BCUT2D eigenvalue weighted by atomic mass is 16.2. The number of para-hydroxylation sites is 1. The van der Waals surface area contributed by atoms with Crippen LogP contribution in [0.15, 0.2) is 42.5 Å². The molecule has 1 aliphatic rings. The summed E-state index contributed by atoms with van der Waals surface area (Å²) in [6, 6.07) is 14.4. The van der Waals surface area contributed by atoms with Crippen LogP contribution in [0, 0.1) is 0 Å². The van der Waals surface area contributed by atoms with E-state index in [0.29, 0.717) is 25.1 Å². The van der Waals surface area contributed by atoms with E-state index in [1.54, 1.807) is 0 Å². The van der Waals surface area contributed by atoms with E-state index >= 15 is 0 Å². The molecule has 4 rings (SSSR count). The Morgan fingerprint density at radius 1 is 0.966 bits per heavy atom. The summed E-state index contributed by atoms with van der Waals surface area (Å²) >= 11 is 0. The quantitative estimate of drug-likeness (QED) is 0.707. The zero-order chi connectivity index (χ0) is 20.2. The molecule has 0 spiro atoms. The zero-order valence-electron chi connectivity index (χ0n) is 17.1. The Kier molecular flexibility index (Phi) is 5.84. The Hall–Kier alpha value is -2.82. The van der Waals surface area contributed by atoms with Gasteiger partial charge in [-0.05, 0) is 44.0 Å². The molecule has 1 saturated heterocycles. The lowest BCUT2D eigenvalue weighted by atomic mass is 10.1. The second-order valence-corrected chi connectivity index (χ2v) is 7.80. The van der Waals surface area contributed by atoms with Gasteiger partial charge in [0.25, 0.3) is 5.91 Å². The number of fused-ring (bicyclic) bond motifs is 3. The van der Waals surface area contributed by atoms with Gasteiger partial charge in [-0.15, -0.1) is 0 Å². The van der Waals surface area contributed by atoms with Gasteiger partial charge < -0.3 is 14.8 Å². The minimum Gasteiger partial charge on any atom is -0.356 e. The lowest BCUT2D eigenvalue weighted by molar-refractivity contribution is -0.121. The first-order valence-electron chi connectivity index (χ1n) is 10.8. The summed E-state index contributed by atoms with van der Waals surface area (Å²) in [6.45, 7) is 4.95. The number of benzene rings is 2. The average Bonchev–Trinajstić information content (AvgIpc) is 3.04. The molecule has 152 valence electrons. The van der Waals surface area contributed by atoms with Crippen LogP contribution in [0.4, 0.5) is 0 Å². The summed E-state index contributed by atoms with van der Waals surface area (Å²) in [5, 5.41) is 5.24. The van der Waals surface area contributed by atoms with Gasteiger partial charge in [-0.2, -0.15) is 0 Å². The lowest BCUT2D eigenvalue weighted by Crippen LogP contribution is -2.35. The molecule has 2 aromatic carbocycles. The molecule has 2 heterocycles. The van der Waals surface area contributed by atoms with Gasteiger partial charge in [0.05, 0.1) is 0 Å². The van der Waals surface area contributed by atoms with Crippen LogP contribution in [0.25, 0.3) is 21.8 Å². The summed E-state index contributed by atoms with van der Waals surface area (Å²) in [7, 11) is 0. The molecule has 0 bridgehead atoms. The molecule has 1 aliphatic heterocycles. The largest absolute Gasteiger partial charge is 0.356 e. The normalized spacial score (nSPS) is 16.6. The molecule has 0 atom stereocenters. The molecule has 1 fully saturated rings. The number of carbonyl (C=O) groups excluding carboxylic acids is 2. The minimum atomic E-state index is 0.0206. The van der Waals surface area contributed by atoms with Crippen molar-refractivity contribution in [2.75, 3.05) is 19.6 Å². The summed E-state index contributed by atoms with van der Waals surface area (Å²) in [6.07, 6.45) is 4.53. The predicted octanol–water partition coefficient (Wildman–Crippen LogP) is 4.34. The third-order valence-corrected chi connectivity index (χ3v) is 5.91. The van der Waals surface area contributed by atoms with Crippen LogP contribution in [0.1, 0.15) is 49.4 Å². The maximum absolute atomic E-state index is 13.3. The van der Waals surface area contributed by atoms with E-state index in [4.69, 9.17) is 0 Å². The molecule has 2 amide bonds. The van der Waals surface area contributed by atoms with E-state index in [0.717, 1.165) is 49.7 Å². The molecule has 29 heavy (non-hydrogen) atoms. The van der Waals surface area contributed by atoms with E-state index in [9.17, 15) is 9.59 Å². The number of amides is 2. The van der Waals surface area contributed by atoms with Crippen molar-refractivity contribution < 1.29 is 9.59 Å². The van der Waals surface area contributed by atoms with Gasteiger partial charge in [0.15, 0.2) is 0 Å². The van der Waals surface area contributed by atoms with E-state index in [1.807, 2.05) is 23.1 Å². The number of rotatable bonds is 2. The van der Waals surface area contributed by atoms with E-state index in [2.05, 4.69) is 41.1 Å². The minimum absolute atomic E-state index is 0.0206. The number of nitrogens with zero attached hydrogens (tertiary/aromatic N) is 2. The van der Waals surface area contributed by atoms with Crippen LogP contribution < -0.4 is 5.32 Å². The van der Waals surface area contributed by atoms with Crippen molar-refractivity contribution in [3.63, 3.8) is 0 Å². The van der Waals surface area contributed by atoms with Crippen LogP contribution in [-0.4, -0.2) is 40.9 Å². The van der Waals surface area contributed by atoms with Crippen molar-refractivity contribution in [2.24, 2.45) is 0 Å². The number of nitrogens with one attached hydrogen (secondary N) is 1. The molecule has 0 saturated carbocycles. The van der Waals surface area contributed by atoms with Gasteiger partial charge in [-0.3, -0.25) is 9.59 Å². The SMILES string of the molecule is CCn1c2ccccc2c2cc(C(=O)N3CCCCCCNC(=O)CC3)ccc21. The number of aromatic nitrogens is 1. The number of aryl methyl sites for hydroxylation is 1. The van der Waals surface area contributed by atoms with Crippen LogP contribution >= 0.6 is 0 Å². The number of carbonyl (C=O) groups is 2. The summed E-state index contributed by atoms with van der Waals surface area (Å²) < 4.78 is 2.29. The molecular formula is C24H29N3O2. The Morgan fingerprint density at radius 3 is 2.62 bits per heavy atom. The van der Waals surface area contributed by atoms with Gasteiger partial charge >= 0.3 is 0 Å². The van der Waals surface area contributed by atoms with Gasteiger partial charge in [-0.1, -0.05) is 31.0 Å². The smallest absolute Gasteiger partial charge is 0.253 e. The van der Waals surface area contributed by atoms with Crippen molar-refractivity contribution in [3.8, 4) is 0 Å². The van der Waals surface area contributed by atoms with Crippen molar-refractivity contribution >= 4 is 33.6 Å². The summed E-state index contributed by atoms with van der Waals surface area (Å²) in [5.41, 5.74) is 3.05. The third kappa shape index (κ3) is 4.00. The van der Waals surface area contributed by atoms with Crippen LogP contribution in [0.2, 0.25) is 0 Å². The Balaban J connectivity index is 1.66. The van der Waals surface area contributed by atoms with Crippen LogP contribution in [0.3, 0.4) is 0 Å². The third-order valence-electron chi connectivity index (χ3n) is 5.91. The molecule has 0 aliphatic carbocycles. The summed E-state index contributed by atoms with van der Waals surface area (Å²) in [4.78, 5) is 27.2. The number of hydrogen-bond donors (Lipinski definition) is 1. The fourth-order valence-electron chi connectivity index (χ4n) is 4.36. The molecule has 0 radical (unpaired) electrons.